The number of nitrogens with zero attached hydrogens (tertiary/aromatic N) is 1. The highest BCUT2D eigenvalue weighted by atomic mass is 16.5. The lowest BCUT2D eigenvalue weighted by atomic mass is 9.81. The van der Waals surface area contributed by atoms with Gasteiger partial charge in [0.1, 0.15) is 0 Å². The van der Waals surface area contributed by atoms with Gasteiger partial charge in [0.25, 0.3) is 0 Å². The smallest absolute Gasteiger partial charge is 0.311 e. The van der Waals surface area contributed by atoms with E-state index >= 15 is 0 Å². The number of cyclic esters (lactones) is 1. The Morgan fingerprint density at radius 2 is 2.10 bits per heavy atom. The number of ether oxygens (including phenoxy) is 1. The van der Waals surface area contributed by atoms with Crippen LogP contribution in [-0.4, -0.2) is 23.3 Å². The van der Waals surface area contributed by atoms with E-state index in [0.717, 1.165) is 19.3 Å². The van der Waals surface area contributed by atoms with Gasteiger partial charge in [-0.05, 0) is 43.9 Å². The summed E-state index contributed by atoms with van der Waals surface area (Å²) in [6.07, 6.45) is 3.90. The Morgan fingerprint density at radius 3 is 2.71 bits per heavy atom. The zero-order valence-electron chi connectivity index (χ0n) is 12.3. The first-order valence-corrected chi connectivity index (χ1v) is 7.41. The minimum absolute atomic E-state index is 0.273. The molecule has 0 amide bonds. The van der Waals surface area contributed by atoms with Crippen molar-refractivity contribution < 1.29 is 14.6 Å². The van der Waals surface area contributed by atoms with Crippen LogP contribution in [0, 0.1) is 17.2 Å². The predicted molar refractivity (Wildman–Crippen MR) is 78.4 cm³/mol. The number of esters is 1. The number of aliphatic hydroxyl groups is 1. The van der Waals surface area contributed by atoms with Crippen LogP contribution in [0.3, 0.4) is 0 Å². The van der Waals surface area contributed by atoms with Crippen molar-refractivity contribution in [2.45, 2.75) is 44.6 Å². The Bertz CT molecular complexity index is 528. The Labute approximate surface area is 125 Å². The van der Waals surface area contributed by atoms with Crippen LogP contribution in [0.4, 0.5) is 0 Å². The van der Waals surface area contributed by atoms with Crippen LogP contribution in [0.5, 0.6) is 0 Å². The molecule has 0 aromatic heterocycles. The molecule has 0 aliphatic carbocycles. The van der Waals surface area contributed by atoms with Crippen LogP contribution < -0.4 is 0 Å². The fraction of sp³-hybridized carbons (Fsp3) is 0.529. The van der Waals surface area contributed by atoms with E-state index in [2.05, 4.69) is 6.07 Å². The van der Waals surface area contributed by atoms with Gasteiger partial charge in [-0.25, -0.2) is 0 Å². The number of carbonyl (C=O) groups excluding carboxylic acids is 1. The number of hydrogen-bond acceptors (Lipinski definition) is 4. The summed E-state index contributed by atoms with van der Waals surface area (Å²) in [7, 11) is 0. The molecule has 0 radical (unpaired) electrons. The van der Waals surface area contributed by atoms with E-state index in [-0.39, 0.29) is 5.97 Å². The van der Waals surface area contributed by atoms with Gasteiger partial charge < -0.3 is 9.84 Å². The monoisotopic (exact) mass is 287 g/mol. The van der Waals surface area contributed by atoms with Crippen LogP contribution in [0.15, 0.2) is 24.3 Å². The van der Waals surface area contributed by atoms with Crippen LogP contribution in [0.2, 0.25) is 0 Å². The molecule has 2 atom stereocenters. The van der Waals surface area contributed by atoms with Gasteiger partial charge in [0.15, 0.2) is 0 Å². The van der Waals surface area contributed by atoms with E-state index in [4.69, 9.17) is 10.00 Å². The van der Waals surface area contributed by atoms with Crippen LogP contribution in [-0.2, 0) is 16.0 Å². The SMILES string of the molecule is CC1(O)CCOC(=O)C1CCCCc1ccc(C#N)cc1. The molecule has 0 saturated carbocycles. The summed E-state index contributed by atoms with van der Waals surface area (Å²) in [4.78, 5) is 11.7. The average molecular weight is 287 g/mol. The molecular formula is C17H21NO3. The molecule has 1 aliphatic rings. The molecule has 4 nitrogen and oxygen atoms in total. The highest BCUT2D eigenvalue weighted by Gasteiger charge is 2.41. The Kier molecular flexibility index (Phi) is 4.98. The fourth-order valence-electron chi connectivity index (χ4n) is 2.74. The number of carbonyl (C=O) groups is 1. The summed E-state index contributed by atoms with van der Waals surface area (Å²) in [5.41, 5.74) is 0.913. The Hall–Kier alpha value is -1.86. The molecule has 2 rings (SSSR count). The standard InChI is InChI=1S/C17H21NO3/c1-17(20)10-11-21-16(19)15(17)5-3-2-4-13-6-8-14(12-18)9-7-13/h6-9,15,20H,2-5,10-11H2,1H3. The van der Waals surface area contributed by atoms with Crippen LogP contribution >= 0.6 is 0 Å². The molecule has 1 fully saturated rings. The summed E-state index contributed by atoms with van der Waals surface area (Å²) in [6.45, 7) is 2.03. The lowest BCUT2D eigenvalue weighted by Crippen LogP contribution is -2.45. The highest BCUT2D eigenvalue weighted by Crippen LogP contribution is 2.31. The van der Waals surface area contributed by atoms with Crippen molar-refractivity contribution >= 4 is 5.97 Å². The Morgan fingerprint density at radius 1 is 1.38 bits per heavy atom. The molecule has 1 heterocycles. The summed E-state index contributed by atoms with van der Waals surface area (Å²) >= 11 is 0. The molecule has 1 aromatic rings. The lowest BCUT2D eigenvalue weighted by Gasteiger charge is -2.35. The van der Waals surface area contributed by atoms with Crippen LogP contribution in [0.25, 0.3) is 0 Å². The number of unbranched alkanes of at least 4 members (excludes halogenated alkanes) is 1. The Balaban J connectivity index is 1.78. The number of benzene rings is 1. The van der Waals surface area contributed by atoms with Gasteiger partial charge >= 0.3 is 5.97 Å². The molecule has 21 heavy (non-hydrogen) atoms. The minimum Gasteiger partial charge on any atom is -0.465 e. The number of aryl methyl sites for hydroxylation is 1. The molecule has 0 bridgehead atoms. The van der Waals surface area contributed by atoms with Gasteiger partial charge in [0.2, 0.25) is 0 Å². The third kappa shape index (κ3) is 4.05. The van der Waals surface area contributed by atoms with E-state index in [0.29, 0.717) is 25.0 Å². The van der Waals surface area contributed by atoms with Crippen molar-refractivity contribution in [1.82, 2.24) is 0 Å². The highest BCUT2D eigenvalue weighted by molar-refractivity contribution is 5.74. The topological polar surface area (TPSA) is 70.3 Å². The van der Waals surface area contributed by atoms with E-state index in [1.165, 1.54) is 5.56 Å². The van der Waals surface area contributed by atoms with E-state index in [1.807, 2.05) is 24.3 Å². The molecular weight excluding hydrogens is 266 g/mol. The molecule has 1 aliphatic heterocycles. The summed E-state index contributed by atoms with van der Waals surface area (Å²) < 4.78 is 5.04. The van der Waals surface area contributed by atoms with Gasteiger partial charge in [-0.2, -0.15) is 5.26 Å². The third-order valence-electron chi connectivity index (χ3n) is 4.18. The lowest BCUT2D eigenvalue weighted by molar-refractivity contribution is -0.171. The van der Waals surface area contributed by atoms with E-state index < -0.39 is 11.5 Å². The normalized spacial score (nSPS) is 25.2. The second kappa shape index (κ2) is 6.73. The van der Waals surface area contributed by atoms with E-state index in [9.17, 15) is 9.90 Å². The summed E-state index contributed by atoms with van der Waals surface area (Å²) in [5.74, 6) is -0.683. The van der Waals surface area contributed by atoms with Gasteiger partial charge in [-0.1, -0.05) is 18.6 Å². The molecule has 2 unspecified atom stereocenters. The van der Waals surface area contributed by atoms with E-state index in [1.54, 1.807) is 6.92 Å². The second-order valence-corrected chi connectivity index (χ2v) is 5.88. The summed E-state index contributed by atoms with van der Waals surface area (Å²) in [5, 5.41) is 19.0. The molecule has 0 spiro atoms. The van der Waals surface area contributed by atoms with Gasteiger partial charge in [-0.3, -0.25) is 4.79 Å². The van der Waals surface area contributed by atoms with Crippen molar-refractivity contribution in [2.24, 2.45) is 5.92 Å². The number of nitriles is 1. The quantitative estimate of drug-likeness (QED) is 0.667. The number of rotatable bonds is 5. The maximum Gasteiger partial charge on any atom is 0.311 e. The van der Waals surface area contributed by atoms with Crippen molar-refractivity contribution in [3.63, 3.8) is 0 Å². The van der Waals surface area contributed by atoms with Gasteiger partial charge in [-0.15, -0.1) is 0 Å². The first kappa shape index (κ1) is 15.5. The zero-order valence-corrected chi connectivity index (χ0v) is 12.3. The minimum atomic E-state index is -0.941. The van der Waals surface area contributed by atoms with Gasteiger partial charge in [0, 0.05) is 6.42 Å². The first-order valence-electron chi connectivity index (χ1n) is 7.41. The largest absolute Gasteiger partial charge is 0.465 e. The summed E-state index contributed by atoms with van der Waals surface area (Å²) in [6, 6.07) is 9.66. The second-order valence-electron chi connectivity index (χ2n) is 5.88. The molecule has 4 heteroatoms. The van der Waals surface area contributed by atoms with Gasteiger partial charge in [0.05, 0.1) is 29.8 Å². The molecule has 1 aromatic carbocycles. The van der Waals surface area contributed by atoms with Crippen LogP contribution in [0.1, 0.15) is 43.7 Å². The maximum atomic E-state index is 11.7. The number of hydrogen-bond donors (Lipinski definition) is 1. The maximum absolute atomic E-state index is 11.7. The first-order chi connectivity index (χ1) is 10.0. The molecule has 112 valence electrons. The average Bonchev–Trinajstić information content (AvgIpc) is 2.46. The fourth-order valence-corrected chi connectivity index (χ4v) is 2.74. The van der Waals surface area contributed by atoms with Crippen molar-refractivity contribution in [2.75, 3.05) is 6.61 Å². The van der Waals surface area contributed by atoms with Crippen molar-refractivity contribution in [3.8, 4) is 6.07 Å². The van der Waals surface area contributed by atoms with Crippen molar-refractivity contribution in [1.29, 1.82) is 5.26 Å². The predicted octanol–water partition coefficient (Wildman–Crippen LogP) is 2.59. The van der Waals surface area contributed by atoms with Crippen molar-refractivity contribution in [3.05, 3.63) is 35.4 Å². The molecule has 1 N–H and O–H groups in total. The molecule has 1 saturated heterocycles. The third-order valence-corrected chi connectivity index (χ3v) is 4.18. The zero-order chi connectivity index (χ0) is 15.3.